The number of esters is 1. The second-order valence-corrected chi connectivity index (χ2v) is 11.1. The predicted octanol–water partition coefficient (Wildman–Crippen LogP) is 4.72. The minimum Gasteiger partial charge on any atom is -0.458 e. The summed E-state index contributed by atoms with van der Waals surface area (Å²) in [5.74, 6) is -0.153. The lowest BCUT2D eigenvalue weighted by molar-refractivity contribution is -0.168. The quantitative estimate of drug-likeness (QED) is 0.476. The van der Waals surface area contributed by atoms with E-state index in [1.54, 1.807) is 0 Å². The van der Waals surface area contributed by atoms with E-state index in [1.165, 1.54) is 11.1 Å². The van der Waals surface area contributed by atoms with E-state index in [4.69, 9.17) is 4.74 Å². The maximum Gasteiger partial charge on any atom is 0.306 e. The number of hydrogen-bond acceptors (Lipinski definition) is 5. The van der Waals surface area contributed by atoms with Crippen LogP contribution in [0.25, 0.3) is 0 Å². The van der Waals surface area contributed by atoms with Gasteiger partial charge in [0.2, 0.25) is 5.78 Å². The lowest BCUT2D eigenvalue weighted by Crippen LogP contribution is -2.57. The van der Waals surface area contributed by atoms with Gasteiger partial charge in [-0.25, -0.2) is 0 Å². The molecular weight excluding hydrogens is 404 g/mol. The third-order valence-electron chi connectivity index (χ3n) is 9.44. The first-order chi connectivity index (χ1) is 15.1. The van der Waals surface area contributed by atoms with Crippen LogP contribution in [0, 0.1) is 28.6 Å². The minimum absolute atomic E-state index is 0.0685. The molecule has 0 amide bonds. The molecule has 0 aromatic heterocycles. The van der Waals surface area contributed by atoms with Gasteiger partial charge in [0, 0.05) is 23.7 Å². The first kappa shape index (κ1) is 23.4. The van der Waals surface area contributed by atoms with Gasteiger partial charge in [-0.15, -0.1) is 0 Å². The average molecular weight is 443 g/mol. The molecule has 1 N–H and O–H groups in total. The van der Waals surface area contributed by atoms with Crippen LogP contribution in [-0.2, 0) is 19.1 Å². The number of aliphatic hydroxyl groups is 1. The zero-order valence-corrected chi connectivity index (χ0v) is 20.0. The molecule has 5 nitrogen and oxygen atoms in total. The molecular formula is C27H38O5. The molecule has 0 radical (unpaired) electrons. The van der Waals surface area contributed by atoms with Crippen molar-refractivity contribution in [2.24, 2.45) is 28.6 Å². The van der Waals surface area contributed by atoms with Crippen LogP contribution in [0.15, 0.2) is 23.3 Å². The Morgan fingerprint density at radius 2 is 2.00 bits per heavy atom. The first-order valence-electron chi connectivity index (χ1n) is 12.4. The van der Waals surface area contributed by atoms with Crippen molar-refractivity contribution in [2.45, 2.75) is 91.1 Å². The van der Waals surface area contributed by atoms with Crippen LogP contribution in [0.4, 0.5) is 0 Å². The molecule has 4 aliphatic rings. The highest BCUT2D eigenvalue weighted by atomic mass is 16.5. The van der Waals surface area contributed by atoms with E-state index in [0.717, 1.165) is 38.5 Å². The van der Waals surface area contributed by atoms with Gasteiger partial charge < -0.3 is 9.84 Å². The van der Waals surface area contributed by atoms with E-state index in [1.807, 2.05) is 19.9 Å². The molecule has 6 atom stereocenters. The van der Waals surface area contributed by atoms with Gasteiger partial charge in [0.05, 0.1) is 0 Å². The normalized spacial score (nSPS) is 40.5. The second kappa shape index (κ2) is 8.23. The Bertz CT molecular complexity index is 884. The lowest BCUT2D eigenvalue weighted by atomic mass is 9.50. The number of carbonyl (C=O) groups is 3. The molecule has 0 aliphatic heterocycles. The van der Waals surface area contributed by atoms with Crippen molar-refractivity contribution >= 4 is 17.5 Å². The largest absolute Gasteiger partial charge is 0.458 e. The number of ketones is 2. The molecule has 32 heavy (non-hydrogen) atoms. The lowest BCUT2D eigenvalue weighted by Gasteiger charge is -2.54. The van der Waals surface area contributed by atoms with Crippen molar-refractivity contribution in [3.63, 3.8) is 0 Å². The van der Waals surface area contributed by atoms with Gasteiger partial charge in [-0.1, -0.05) is 51.3 Å². The highest BCUT2D eigenvalue weighted by Gasteiger charge is 2.67. The molecule has 0 bridgehead atoms. The van der Waals surface area contributed by atoms with E-state index in [2.05, 4.69) is 19.9 Å². The monoisotopic (exact) mass is 442 g/mol. The number of ether oxygens (including phenoxy) is 1. The Kier molecular flexibility index (Phi) is 6.02. The summed E-state index contributed by atoms with van der Waals surface area (Å²) < 4.78 is 5.26. The van der Waals surface area contributed by atoms with Gasteiger partial charge in [0.25, 0.3) is 0 Å². The van der Waals surface area contributed by atoms with Gasteiger partial charge in [-0.2, -0.15) is 0 Å². The van der Waals surface area contributed by atoms with Crippen LogP contribution in [0.3, 0.4) is 0 Å². The Balaban J connectivity index is 1.59. The molecule has 0 aromatic rings. The summed E-state index contributed by atoms with van der Waals surface area (Å²) in [4.78, 5) is 37.3. The van der Waals surface area contributed by atoms with Gasteiger partial charge in [-0.05, 0) is 62.4 Å². The van der Waals surface area contributed by atoms with Crippen LogP contribution in [0.2, 0.25) is 0 Å². The third-order valence-corrected chi connectivity index (χ3v) is 9.44. The zero-order chi connectivity index (χ0) is 23.3. The fourth-order valence-corrected chi connectivity index (χ4v) is 7.44. The maximum absolute atomic E-state index is 13.3. The highest BCUT2D eigenvalue weighted by molar-refractivity contribution is 5.92. The second-order valence-electron chi connectivity index (χ2n) is 11.1. The van der Waals surface area contributed by atoms with Gasteiger partial charge in [0.15, 0.2) is 12.4 Å². The molecule has 176 valence electrons. The summed E-state index contributed by atoms with van der Waals surface area (Å²) in [5.41, 5.74) is 0.539. The van der Waals surface area contributed by atoms with Gasteiger partial charge in [-0.3, -0.25) is 14.4 Å². The van der Waals surface area contributed by atoms with Crippen LogP contribution in [0.1, 0.15) is 85.5 Å². The standard InChI is InChI=1S/C27H38O5/c1-5-6-7-24(30)32-16-23(29)27(31)17(2)14-22-20-9-8-18-15-19(28)10-12-25(18,3)21(20)11-13-26(22,27)4/h11,15,17,20,22,31H,5-10,12-14,16H2,1-4H3/t17-,20?,22?,25-,26-,27-/m0/s1. The molecule has 2 fully saturated rings. The summed E-state index contributed by atoms with van der Waals surface area (Å²) in [6, 6.07) is 0. The van der Waals surface area contributed by atoms with E-state index in [-0.39, 0.29) is 41.4 Å². The minimum atomic E-state index is -1.50. The number of unbranched alkanes of at least 4 members (excludes halogenated alkanes) is 1. The molecule has 0 aromatic carbocycles. The summed E-state index contributed by atoms with van der Waals surface area (Å²) in [5, 5.41) is 11.9. The number of hydrogen-bond donors (Lipinski definition) is 1. The number of carbonyl (C=O) groups excluding carboxylic acids is 3. The van der Waals surface area contributed by atoms with Gasteiger partial charge in [0.1, 0.15) is 5.60 Å². The third kappa shape index (κ3) is 3.34. The number of rotatable bonds is 6. The van der Waals surface area contributed by atoms with Crippen LogP contribution in [-0.4, -0.2) is 34.9 Å². The molecule has 2 saturated carbocycles. The number of Topliss-reactive ketones (excluding diaryl/α,β-unsaturated/α-hetero) is 1. The molecule has 0 saturated heterocycles. The fourth-order valence-electron chi connectivity index (χ4n) is 7.44. The average Bonchev–Trinajstić information content (AvgIpc) is 2.98. The first-order valence-corrected chi connectivity index (χ1v) is 12.4. The van der Waals surface area contributed by atoms with Crippen molar-refractivity contribution in [2.75, 3.05) is 6.61 Å². The van der Waals surface area contributed by atoms with Crippen molar-refractivity contribution < 1.29 is 24.2 Å². The van der Waals surface area contributed by atoms with E-state index < -0.39 is 11.0 Å². The molecule has 0 heterocycles. The van der Waals surface area contributed by atoms with Gasteiger partial charge >= 0.3 is 5.97 Å². The number of fused-ring (bicyclic) bond motifs is 5. The molecule has 0 spiro atoms. The van der Waals surface area contributed by atoms with Crippen molar-refractivity contribution in [3.05, 3.63) is 23.3 Å². The topological polar surface area (TPSA) is 80.7 Å². The SMILES string of the molecule is CCCCC(=O)OCC(=O)[C@@]1(O)[C@@H](C)CC2C3CCC4=CC(=O)CC[C@]4(C)C3=CC[C@@]21C. The van der Waals surface area contributed by atoms with Crippen LogP contribution >= 0.6 is 0 Å². The molecule has 2 unspecified atom stereocenters. The van der Waals surface area contributed by atoms with E-state index in [9.17, 15) is 19.5 Å². The Hall–Kier alpha value is -1.75. The fraction of sp³-hybridized carbons (Fsp3) is 0.741. The van der Waals surface area contributed by atoms with Crippen molar-refractivity contribution in [1.82, 2.24) is 0 Å². The Morgan fingerprint density at radius 3 is 2.72 bits per heavy atom. The van der Waals surface area contributed by atoms with E-state index in [0.29, 0.717) is 25.2 Å². The molecule has 5 heteroatoms. The molecule has 4 aliphatic carbocycles. The summed E-state index contributed by atoms with van der Waals surface area (Å²) in [7, 11) is 0. The Morgan fingerprint density at radius 1 is 1.25 bits per heavy atom. The van der Waals surface area contributed by atoms with Crippen molar-refractivity contribution in [3.8, 4) is 0 Å². The number of allylic oxidation sites excluding steroid dienone is 4. The van der Waals surface area contributed by atoms with E-state index >= 15 is 0 Å². The van der Waals surface area contributed by atoms with Crippen LogP contribution in [0.5, 0.6) is 0 Å². The van der Waals surface area contributed by atoms with Crippen molar-refractivity contribution in [1.29, 1.82) is 0 Å². The Labute approximate surface area is 191 Å². The highest BCUT2D eigenvalue weighted by Crippen LogP contribution is 2.66. The molecule has 4 rings (SSSR count). The predicted molar refractivity (Wildman–Crippen MR) is 122 cm³/mol. The van der Waals surface area contributed by atoms with Crippen LogP contribution < -0.4 is 0 Å². The maximum atomic E-state index is 13.3. The zero-order valence-electron chi connectivity index (χ0n) is 20.0. The summed E-state index contributed by atoms with van der Waals surface area (Å²) >= 11 is 0. The summed E-state index contributed by atoms with van der Waals surface area (Å²) in [6.45, 7) is 7.96. The summed E-state index contributed by atoms with van der Waals surface area (Å²) in [6.07, 6.45) is 10.8. The smallest absolute Gasteiger partial charge is 0.306 e.